The van der Waals surface area contributed by atoms with Gasteiger partial charge in [0.1, 0.15) is 0 Å². The van der Waals surface area contributed by atoms with Crippen molar-refractivity contribution in [1.82, 2.24) is 5.32 Å². The van der Waals surface area contributed by atoms with E-state index in [9.17, 15) is 4.79 Å². The standard InChI is InChI=1S/C18H22N2O/c1-13(16-6-4-3-5-7-16)14(2)20-18(21)17-10-8-15(12-19)9-11-17/h3-11,13-14H,12,19H2,1-2H3,(H,20,21). The molecule has 0 aliphatic heterocycles. The van der Waals surface area contributed by atoms with Crippen molar-refractivity contribution in [3.63, 3.8) is 0 Å². The zero-order valence-corrected chi connectivity index (χ0v) is 12.5. The number of hydrogen-bond donors (Lipinski definition) is 2. The molecule has 0 saturated heterocycles. The van der Waals surface area contributed by atoms with E-state index in [2.05, 4.69) is 24.4 Å². The predicted molar refractivity (Wildman–Crippen MR) is 86.1 cm³/mol. The highest BCUT2D eigenvalue weighted by Gasteiger charge is 2.17. The Morgan fingerprint density at radius 1 is 1.05 bits per heavy atom. The molecule has 0 fully saturated rings. The molecule has 0 aliphatic carbocycles. The topological polar surface area (TPSA) is 55.1 Å². The Morgan fingerprint density at radius 2 is 1.67 bits per heavy atom. The fraction of sp³-hybridized carbons (Fsp3) is 0.278. The zero-order valence-electron chi connectivity index (χ0n) is 12.5. The van der Waals surface area contributed by atoms with Crippen LogP contribution in [0.5, 0.6) is 0 Å². The molecule has 110 valence electrons. The molecule has 0 aromatic heterocycles. The molecular formula is C18H22N2O. The fourth-order valence-corrected chi connectivity index (χ4v) is 2.25. The summed E-state index contributed by atoms with van der Waals surface area (Å²) in [6.45, 7) is 4.64. The van der Waals surface area contributed by atoms with Gasteiger partial charge in [0.25, 0.3) is 5.91 Å². The van der Waals surface area contributed by atoms with Crippen LogP contribution in [0.25, 0.3) is 0 Å². The fourth-order valence-electron chi connectivity index (χ4n) is 2.25. The van der Waals surface area contributed by atoms with E-state index in [1.807, 2.05) is 49.4 Å². The van der Waals surface area contributed by atoms with E-state index >= 15 is 0 Å². The molecule has 1 amide bonds. The second kappa shape index (κ2) is 7.04. The molecule has 0 saturated carbocycles. The van der Waals surface area contributed by atoms with Gasteiger partial charge in [-0.3, -0.25) is 4.79 Å². The van der Waals surface area contributed by atoms with Crippen LogP contribution in [0, 0.1) is 0 Å². The monoisotopic (exact) mass is 282 g/mol. The summed E-state index contributed by atoms with van der Waals surface area (Å²) in [4.78, 5) is 12.2. The number of carbonyl (C=O) groups is 1. The number of nitrogens with two attached hydrogens (primary N) is 1. The van der Waals surface area contributed by atoms with Gasteiger partial charge in [0.05, 0.1) is 0 Å². The third-order valence-corrected chi connectivity index (χ3v) is 3.89. The van der Waals surface area contributed by atoms with Gasteiger partial charge in [-0.2, -0.15) is 0 Å². The van der Waals surface area contributed by atoms with E-state index in [1.165, 1.54) is 5.56 Å². The normalized spacial score (nSPS) is 13.5. The Balaban J connectivity index is 2.01. The third kappa shape index (κ3) is 3.92. The lowest BCUT2D eigenvalue weighted by molar-refractivity contribution is 0.0935. The van der Waals surface area contributed by atoms with E-state index in [1.54, 1.807) is 0 Å². The van der Waals surface area contributed by atoms with E-state index in [4.69, 9.17) is 5.73 Å². The molecule has 0 bridgehead atoms. The minimum absolute atomic E-state index is 0.0474. The molecular weight excluding hydrogens is 260 g/mol. The first-order chi connectivity index (χ1) is 10.1. The van der Waals surface area contributed by atoms with Crippen LogP contribution in [0.1, 0.15) is 41.3 Å². The molecule has 0 radical (unpaired) electrons. The first-order valence-corrected chi connectivity index (χ1v) is 7.26. The van der Waals surface area contributed by atoms with Gasteiger partial charge in [-0.25, -0.2) is 0 Å². The molecule has 3 heteroatoms. The summed E-state index contributed by atoms with van der Waals surface area (Å²) >= 11 is 0. The summed E-state index contributed by atoms with van der Waals surface area (Å²) in [7, 11) is 0. The maximum absolute atomic E-state index is 12.2. The highest BCUT2D eigenvalue weighted by molar-refractivity contribution is 5.94. The van der Waals surface area contributed by atoms with Gasteiger partial charge in [-0.05, 0) is 30.2 Å². The molecule has 2 rings (SSSR count). The molecule has 2 atom stereocenters. The first-order valence-electron chi connectivity index (χ1n) is 7.26. The summed E-state index contributed by atoms with van der Waals surface area (Å²) in [6.07, 6.45) is 0. The van der Waals surface area contributed by atoms with Crippen molar-refractivity contribution in [3.8, 4) is 0 Å². The van der Waals surface area contributed by atoms with Crippen LogP contribution in [0.4, 0.5) is 0 Å². The molecule has 0 spiro atoms. The van der Waals surface area contributed by atoms with E-state index in [-0.39, 0.29) is 17.9 Å². The van der Waals surface area contributed by atoms with Gasteiger partial charge < -0.3 is 11.1 Å². The first kappa shape index (κ1) is 15.3. The van der Waals surface area contributed by atoms with Crippen LogP contribution in [0.3, 0.4) is 0 Å². The van der Waals surface area contributed by atoms with Gasteiger partial charge in [0, 0.05) is 24.1 Å². The Hall–Kier alpha value is -2.13. The number of amides is 1. The third-order valence-electron chi connectivity index (χ3n) is 3.89. The number of carbonyl (C=O) groups excluding carboxylic acids is 1. The second-order valence-corrected chi connectivity index (χ2v) is 5.36. The van der Waals surface area contributed by atoms with Gasteiger partial charge in [0.2, 0.25) is 0 Å². The zero-order chi connectivity index (χ0) is 15.2. The van der Waals surface area contributed by atoms with Gasteiger partial charge in [-0.1, -0.05) is 49.4 Å². The van der Waals surface area contributed by atoms with Crippen LogP contribution in [-0.2, 0) is 6.54 Å². The molecule has 2 aromatic rings. The predicted octanol–water partition coefficient (Wildman–Crippen LogP) is 3.07. The van der Waals surface area contributed by atoms with Crippen molar-refractivity contribution >= 4 is 5.91 Å². The van der Waals surface area contributed by atoms with Crippen molar-refractivity contribution in [2.45, 2.75) is 32.4 Å². The minimum atomic E-state index is -0.0474. The number of benzene rings is 2. The molecule has 3 N–H and O–H groups in total. The van der Waals surface area contributed by atoms with Crippen LogP contribution < -0.4 is 11.1 Å². The quantitative estimate of drug-likeness (QED) is 0.885. The van der Waals surface area contributed by atoms with Gasteiger partial charge in [0.15, 0.2) is 0 Å². The van der Waals surface area contributed by atoms with Crippen LogP contribution in [-0.4, -0.2) is 11.9 Å². The van der Waals surface area contributed by atoms with Crippen molar-refractivity contribution in [2.24, 2.45) is 5.73 Å². The SMILES string of the molecule is CC(NC(=O)c1ccc(CN)cc1)C(C)c1ccccc1. The molecule has 0 aliphatic rings. The largest absolute Gasteiger partial charge is 0.349 e. The maximum atomic E-state index is 12.2. The highest BCUT2D eigenvalue weighted by atomic mass is 16.1. The average Bonchev–Trinajstić information content (AvgIpc) is 2.55. The number of rotatable bonds is 5. The molecule has 2 aromatic carbocycles. The lowest BCUT2D eigenvalue weighted by Crippen LogP contribution is -2.36. The minimum Gasteiger partial charge on any atom is -0.349 e. The second-order valence-electron chi connectivity index (χ2n) is 5.36. The van der Waals surface area contributed by atoms with E-state index < -0.39 is 0 Å². The van der Waals surface area contributed by atoms with Crippen molar-refractivity contribution in [2.75, 3.05) is 0 Å². The summed E-state index contributed by atoms with van der Waals surface area (Å²) in [5, 5.41) is 3.06. The van der Waals surface area contributed by atoms with Crippen LogP contribution >= 0.6 is 0 Å². The lowest BCUT2D eigenvalue weighted by atomic mass is 9.94. The maximum Gasteiger partial charge on any atom is 0.251 e. The Bertz CT molecular complexity index is 578. The Kier molecular flexibility index (Phi) is 5.12. The molecule has 2 unspecified atom stereocenters. The molecule has 3 nitrogen and oxygen atoms in total. The summed E-state index contributed by atoms with van der Waals surface area (Å²) in [5.41, 5.74) is 8.48. The Labute approximate surface area is 126 Å². The van der Waals surface area contributed by atoms with Crippen molar-refractivity contribution in [1.29, 1.82) is 0 Å². The summed E-state index contributed by atoms with van der Waals surface area (Å²) in [6, 6.07) is 17.7. The lowest BCUT2D eigenvalue weighted by Gasteiger charge is -2.21. The van der Waals surface area contributed by atoms with Crippen molar-refractivity contribution < 1.29 is 4.79 Å². The smallest absolute Gasteiger partial charge is 0.251 e. The van der Waals surface area contributed by atoms with E-state index in [0.29, 0.717) is 12.1 Å². The Morgan fingerprint density at radius 3 is 2.24 bits per heavy atom. The van der Waals surface area contributed by atoms with Crippen LogP contribution in [0.15, 0.2) is 54.6 Å². The van der Waals surface area contributed by atoms with Gasteiger partial charge in [-0.15, -0.1) is 0 Å². The highest BCUT2D eigenvalue weighted by Crippen LogP contribution is 2.18. The number of nitrogens with one attached hydrogen (secondary N) is 1. The molecule has 0 heterocycles. The summed E-state index contributed by atoms with van der Waals surface area (Å²) < 4.78 is 0. The van der Waals surface area contributed by atoms with Crippen molar-refractivity contribution in [3.05, 3.63) is 71.3 Å². The van der Waals surface area contributed by atoms with E-state index in [0.717, 1.165) is 5.56 Å². The molecule has 21 heavy (non-hydrogen) atoms. The number of hydrogen-bond acceptors (Lipinski definition) is 2. The average molecular weight is 282 g/mol. The van der Waals surface area contributed by atoms with Gasteiger partial charge >= 0.3 is 0 Å². The van der Waals surface area contributed by atoms with Crippen LogP contribution in [0.2, 0.25) is 0 Å². The summed E-state index contributed by atoms with van der Waals surface area (Å²) in [5.74, 6) is 0.215.